The molecular formula is C136H134N6Si2. The lowest BCUT2D eigenvalue weighted by atomic mass is 9.87. The first-order chi connectivity index (χ1) is 69.1. The highest BCUT2D eigenvalue weighted by Crippen LogP contribution is 2.47. The van der Waals surface area contributed by atoms with Gasteiger partial charge in [-0.25, -0.2) is 9.69 Å². The first-order valence-corrected chi connectivity index (χ1v) is 54.6. The molecular weight excluding hydrogens is 1770 g/mol. The number of hydrogen-bond donors (Lipinski definition) is 0. The average Bonchev–Trinajstić information content (AvgIpc) is 1.25. The van der Waals surface area contributed by atoms with Crippen LogP contribution in [0.5, 0.6) is 0 Å². The Kier molecular flexibility index (Phi) is 28.7. The molecule has 6 nitrogen and oxygen atoms in total. The average molecular weight is 1910 g/mol. The minimum atomic E-state index is -2.38. The maximum absolute atomic E-state index is 7.47. The Balaban J connectivity index is 0.000000119. The van der Waals surface area contributed by atoms with Crippen molar-refractivity contribution in [2.75, 3.05) is 0 Å². The molecule has 0 N–H and O–H groups in total. The summed E-state index contributed by atoms with van der Waals surface area (Å²) >= 11 is 0. The van der Waals surface area contributed by atoms with Crippen LogP contribution in [-0.2, 0) is 27.6 Å². The van der Waals surface area contributed by atoms with Crippen molar-refractivity contribution >= 4 is 151 Å². The molecule has 0 bridgehead atoms. The molecule has 716 valence electrons. The predicted octanol–water partition coefficient (Wildman–Crippen LogP) is 33.2. The Hall–Kier alpha value is -15.4. The number of nitrogens with zero attached hydrogens (tertiary/aromatic N) is 6. The van der Waals surface area contributed by atoms with Gasteiger partial charge in [-0.1, -0.05) is 466 Å². The van der Waals surface area contributed by atoms with E-state index in [0.29, 0.717) is 5.69 Å². The van der Waals surface area contributed by atoms with Crippen molar-refractivity contribution in [2.45, 2.75) is 171 Å². The van der Waals surface area contributed by atoms with Crippen molar-refractivity contribution in [1.82, 2.24) is 18.3 Å². The molecule has 22 rings (SSSR count). The molecule has 0 spiro atoms. The summed E-state index contributed by atoms with van der Waals surface area (Å²) in [6.07, 6.45) is 0. The Morgan fingerprint density at radius 2 is 0.521 bits per heavy atom. The van der Waals surface area contributed by atoms with Crippen LogP contribution < -0.4 is 36.3 Å². The monoisotopic (exact) mass is 1910 g/mol. The van der Waals surface area contributed by atoms with Gasteiger partial charge in [-0.15, -0.1) is 0 Å². The highest BCUT2D eigenvalue weighted by atomic mass is 28.3. The zero-order chi connectivity index (χ0) is 102. The zero-order valence-corrected chi connectivity index (χ0v) is 89.4. The molecule has 8 heteroatoms. The van der Waals surface area contributed by atoms with Gasteiger partial charge < -0.3 is 18.3 Å². The van der Waals surface area contributed by atoms with E-state index in [-0.39, 0.29) is 32.6 Å². The maximum atomic E-state index is 7.47. The summed E-state index contributed by atoms with van der Waals surface area (Å²) in [5, 5.41) is 20.4. The fraction of sp³-hybridized carbons (Fsp3) is 0.191. The molecule has 0 saturated heterocycles. The lowest BCUT2D eigenvalue weighted by molar-refractivity contribution is 0.423. The van der Waals surface area contributed by atoms with Crippen molar-refractivity contribution < 1.29 is 0 Å². The second-order valence-corrected chi connectivity index (χ2v) is 52.7. The van der Waals surface area contributed by atoms with Gasteiger partial charge in [0.1, 0.15) is 0 Å². The summed E-state index contributed by atoms with van der Waals surface area (Å²) in [7, 11) is -4.51. The molecule has 18 aromatic carbocycles. The second kappa shape index (κ2) is 41.3. The molecule has 0 fully saturated rings. The van der Waals surface area contributed by atoms with Gasteiger partial charge in [-0.3, -0.25) is 0 Å². The van der Waals surface area contributed by atoms with E-state index in [0.717, 1.165) is 11.2 Å². The van der Waals surface area contributed by atoms with Crippen LogP contribution in [0.4, 0.5) is 11.4 Å². The van der Waals surface area contributed by atoms with Crippen molar-refractivity contribution in [1.29, 1.82) is 0 Å². The van der Waals surface area contributed by atoms with Crippen LogP contribution in [0.15, 0.2) is 449 Å². The van der Waals surface area contributed by atoms with Crippen LogP contribution in [0.25, 0.3) is 130 Å². The van der Waals surface area contributed by atoms with E-state index in [2.05, 4.69) is 591 Å². The van der Waals surface area contributed by atoms with Crippen molar-refractivity contribution in [2.24, 2.45) is 0 Å². The summed E-state index contributed by atoms with van der Waals surface area (Å²) in [5.41, 5.74) is 23.0. The van der Waals surface area contributed by atoms with E-state index in [9.17, 15) is 0 Å². The fourth-order valence-corrected chi connectivity index (χ4v) is 32.6. The van der Waals surface area contributed by atoms with Gasteiger partial charge in [0.15, 0.2) is 21.8 Å². The molecule has 0 aliphatic rings. The number of aryl methyl sites for hydroxylation is 2. The van der Waals surface area contributed by atoms with Crippen LogP contribution in [0.1, 0.15) is 141 Å². The number of benzene rings is 18. The number of aromatic nitrogens is 4. The number of hydrogen-bond acceptors (Lipinski definition) is 0. The van der Waals surface area contributed by atoms with Crippen molar-refractivity contribution in [3.63, 3.8) is 0 Å². The van der Waals surface area contributed by atoms with Gasteiger partial charge in [0.05, 0.1) is 40.7 Å². The van der Waals surface area contributed by atoms with E-state index in [1.54, 1.807) is 0 Å². The van der Waals surface area contributed by atoms with Gasteiger partial charge in [-0.05, 0) is 213 Å². The first-order valence-electron chi connectivity index (χ1n) is 50.6. The predicted molar refractivity (Wildman–Crippen MR) is 629 cm³/mol. The smallest absolute Gasteiger partial charge is 0.210 e. The van der Waals surface area contributed by atoms with Gasteiger partial charge in [-0.2, -0.15) is 0 Å². The summed E-state index contributed by atoms with van der Waals surface area (Å²) in [4.78, 5) is 7.29. The number of rotatable bonds is 10. The Bertz CT molecular complexity index is 8040. The molecule has 4 heterocycles. The van der Waals surface area contributed by atoms with Crippen LogP contribution in [0.2, 0.25) is 5.04 Å². The van der Waals surface area contributed by atoms with Gasteiger partial charge >= 0.3 is 0 Å². The Labute approximate surface area is 856 Å². The highest BCUT2D eigenvalue weighted by Gasteiger charge is 2.49. The van der Waals surface area contributed by atoms with Gasteiger partial charge in [0.2, 0.25) is 5.69 Å². The third-order valence-corrected chi connectivity index (χ3v) is 38.8. The summed E-state index contributed by atoms with van der Waals surface area (Å²) < 4.78 is 9.72. The first kappa shape index (κ1) is 100. The number of fused-ring (bicyclic) bond motifs is 12. The molecule has 4 aromatic heterocycles. The van der Waals surface area contributed by atoms with E-state index in [1.165, 1.54) is 168 Å². The maximum Gasteiger partial charge on any atom is 0.210 e. The summed E-state index contributed by atoms with van der Waals surface area (Å²) in [5.74, 6) is 0. The molecule has 0 aliphatic carbocycles. The zero-order valence-electron chi connectivity index (χ0n) is 87.4. The van der Waals surface area contributed by atoms with Crippen LogP contribution in [-0.4, -0.2) is 34.4 Å². The second-order valence-electron chi connectivity index (χ2n) is 44.1. The Morgan fingerprint density at radius 1 is 0.222 bits per heavy atom. The summed E-state index contributed by atoms with van der Waals surface area (Å²) in [6, 6.07) is 162. The molecule has 0 aliphatic heterocycles. The topological polar surface area (TPSA) is 28.4 Å². The Morgan fingerprint density at radius 3 is 0.896 bits per heavy atom. The van der Waals surface area contributed by atoms with Crippen molar-refractivity contribution in [3.8, 4) is 33.4 Å². The van der Waals surface area contributed by atoms with E-state index < -0.39 is 16.1 Å². The molecule has 22 aromatic rings. The third kappa shape index (κ3) is 19.7. The van der Waals surface area contributed by atoms with E-state index in [1.807, 2.05) is 24.3 Å². The quantitative estimate of drug-likeness (QED) is 0.0742. The minimum Gasteiger partial charge on any atom is -0.344 e. The van der Waals surface area contributed by atoms with Crippen LogP contribution in [0.3, 0.4) is 0 Å². The lowest BCUT2D eigenvalue weighted by Crippen LogP contribution is -2.74. The number of para-hydroxylation sites is 6. The fourth-order valence-electron chi connectivity index (χ4n) is 22.1. The lowest BCUT2D eigenvalue weighted by Gasteiger charge is -2.44. The minimum absolute atomic E-state index is 0.00881. The molecule has 0 radical (unpaired) electrons. The highest BCUT2D eigenvalue weighted by molar-refractivity contribution is 7.20. The molecule has 0 unspecified atom stereocenters. The molecule has 0 amide bonds. The van der Waals surface area contributed by atoms with Crippen molar-refractivity contribution in [3.05, 3.63) is 488 Å². The largest absolute Gasteiger partial charge is 0.344 e. The summed E-state index contributed by atoms with van der Waals surface area (Å²) in [6.45, 7) is 59.9. The van der Waals surface area contributed by atoms with E-state index in [4.69, 9.17) is 13.1 Å². The molecule has 0 saturated carbocycles. The SMILES string of the molecule is CC(C)(C)[Si](c1ccccc1)(c1ccccc1)c1ccccc1.CC(C)(C)c1ccc([Si](c2ccccc2)(c2ccccc2)c2ccccc2)cc1.CC(C)(C)n1c2c(-c3ccccc3)cccc2c2cccc(-c3ccccc3)c21.CC(C)(C)n1c2ccccc2c2cccc(-c3ccccc3)c21.[C-]#[N+]c1ccc2c(c1)c1cc(C)ccc1n2C(C)(C)C.[C-]#[N+]c1cccc2c3cccc(C)c3n(C(C)(C)C)c12. The third-order valence-electron chi connectivity index (χ3n) is 28.1. The normalized spacial score (nSPS) is 12.0. The van der Waals surface area contributed by atoms with Crippen LogP contribution in [0, 0.1) is 27.0 Å². The molecule has 0 atom stereocenters. The molecule has 144 heavy (non-hydrogen) atoms. The van der Waals surface area contributed by atoms with Gasteiger partial charge in [0.25, 0.3) is 0 Å². The van der Waals surface area contributed by atoms with Gasteiger partial charge in [0, 0.05) is 87.7 Å². The standard InChI is InChI=1S/C28H25N.C28H28Si.C22H21N.C22H24Si.2C18H18N2/c1-28(2,3)29-26-22(20-12-6-4-7-13-20)16-10-18-24(26)25-19-11-17-23(27(25)29)21-14-8-5-9-15-21;1-28(2,3)23-19-21-27(22-20-23)29(24-13-7-4-8-14-24,25-15-9-5-10-16-25)26-17-11-6-12-18-26;1-22(2,3)23-20-15-8-7-12-18(20)19-14-9-13-17(21(19)23)16-10-5-4-6-11-16;1-22(2,3)23(19-13-7-4-8-14-19,20-15-9-5-10-16-20)21-17-11-6-12-18-21;1-12-6-8-16-14(10-12)15-11-13(19-5)7-9-17(15)20(16)18(2,3)4;1-12-8-6-9-13-14-10-7-11-15(19-5)17(14)20(16(12)13)18(2,3)4/h4-19H,1-3H3;4-22H,1-3H3;4-15H,1-3H3;4-18H,1-3H3;2*6-11H,1-4H3. The van der Waals surface area contributed by atoms with E-state index >= 15 is 0 Å². The van der Waals surface area contributed by atoms with Crippen LogP contribution >= 0.6 is 0 Å².